The van der Waals surface area contributed by atoms with Crippen LogP contribution < -0.4 is 0 Å². The van der Waals surface area contributed by atoms with Crippen molar-refractivity contribution in [2.45, 2.75) is 52.5 Å². The molecule has 1 rings (SSSR count). The standard InChI is InChI=1S/C18H29NO2/c1-5-14(3)13-16(6-2)19(4)12-11-15-9-7-8-10-17(15)18(20)21/h7-10,14,16H,5-6,11-13H2,1-4H3,(H,20,21). The van der Waals surface area contributed by atoms with E-state index in [-0.39, 0.29) is 0 Å². The van der Waals surface area contributed by atoms with Crippen molar-refractivity contribution in [3.63, 3.8) is 0 Å². The van der Waals surface area contributed by atoms with Gasteiger partial charge in [-0.05, 0) is 43.9 Å². The third-order valence-corrected chi connectivity index (χ3v) is 4.45. The summed E-state index contributed by atoms with van der Waals surface area (Å²) in [7, 11) is 2.15. The van der Waals surface area contributed by atoms with Crippen LogP contribution in [0.15, 0.2) is 24.3 Å². The topological polar surface area (TPSA) is 40.5 Å². The molecule has 0 heterocycles. The average molecular weight is 291 g/mol. The Bertz CT molecular complexity index is 445. The van der Waals surface area contributed by atoms with E-state index in [2.05, 4.69) is 32.7 Å². The molecule has 0 radical (unpaired) electrons. The lowest BCUT2D eigenvalue weighted by Crippen LogP contribution is -2.34. The number of carboxylic acids is 1. The molecule has 3 heteroatoms. The lowest BCUT2D eigenvalue weighted by atomic mass is 9.96. The van der Waals surface area contributed by atoms with Crippen molar-refractivity contribution in [3.8, 4) is 0 Å². The second-order valence-electron chi connectivity index (χ2n) is 6.00. The van der Waals surface area contributed by atoms with Crippen molar-refractivity contribution in [2.75, 3.05) is 13.6 Å². The van der Waals surface area contributed by atoms with Crippen LogP contribution in [-0.2, 0) is 6.42 Å². The molecule has 0 amide bonds. The number of likely N-dealkylation sites (N-methyl/N-ethyl adjacent to an activating group) is 1. The quantitative estimate of drug-likeness (QED) is 0.745. The van der Waals surface area contributed by atoms with E-state index in [0.717, 1.165) is 30.9 Å². The summed E-state index contributed by atoms with van der Waals surface area (Å²) in [6.45, 7) is 7.67. The van der Waals surface area contributed by atoms with Gasteiger partial charge in [0, 0.05) is 12.6 Å². The molecular formula is C18H29NO2. The van der Waals surface area contributed by atoms with Crippen LogP contribution in [-0.4, -0.2) is 35.6 Å². The van der Waals surface area contributed by atoms with E-state index in [1.54, 1.807) is 12.1 Å². The first-order chi connectivity index (χ1) is 9.99. The SMILES string of the molecule is CCC(C)CC(CC)N(C)CCc1ccccc1C(=O)O. The highest BCUT2D eigenvalue weighted by Crippen LogP contribution is 2.17. The maximum Gasteiger partial charge on any atom is 0.335 e. The Morgan fingerprint density at radius 1 is 1.24 bits per heavy atom. The van der Waals surface area contributed by atoms with Crippen LogP contribution in [0.2, 0.25) is 0 Å². The number of carbonyl (C=O) groups is 1. The Kier molecular flexibility index (Phi) is 7.44. The van der Waals surface area contributed by atoms with Gasteiger partial charge in [0.2, 0.25) is 0 Å². The minimum atomic E-state index is -0.833. The van der Waals surface area contributed by atoms with Crippen LogP contribution >= 0.6 is 0 Å². The van der Waals surface area contributed by atoms with Crippen LogP contribution in [0.25, 0.3) is 0 Å². The van der Waals surface area contributed by atoms with Crippen LogP contribution in [0.1, 0.15) is 56.0 Å². The van der Waals surface area contributed by atoms with Crippen LogP contribution in [0.3, 0.4) is 0 Å². The van der Waals surface area contributed by atoms with Crippen LogP contribution in [0.4, 0.5) is 0 Å². The Balaban J connectivity index is 2.63. The van der Waals surface area contributed by atoms with Gasteiger partial charge in [0.05, 0.1) is 5.56 Å². The number of hydrogen-bond acceptors (Lipinski definition) is 2. The molecule has 0 fully saturated rings. The van der Waals surface area contributed by atoms with E-state index in [0.29, 0.717) is 11.6 Å². The van der Waals surface area contributed by atoms with Gasteiger partial charge in [-0.3, -0.25) is 0 Å². The zero-order valence-electron chi connectivity index (χ0n) is 13.8. The summed E-state index contributed by atoms with van der Waals surface area (Å²) in [6, 6.07) is 7.89. The first-order valence-corrected chi connectivity index (χ1v) is 8.00. The molecule has 0 aliphatic heterocycles. The lowest BCUT2D eigenvalue weighted by Gasteiger charge is -2.29. The number of nitrogens with zero attached hydrogens (tertiary/aromatic N) is 1. The molecular weight excluding hydrogens is 262 g/mol. The van der Waals surface area contributed by atoms with Gasteiger partial charge in [0.15, 0.2) is 0 Å². The number of benzene rings is 1. The van der Waals surface area contributed by atoms with Crippen molar-refractivity contribution in [2.24, 2.45) is 5.92 Å². The van der Waals surface area contributed by atoms with Crippen molar-refractivity contribution in [3.05, 3.63) is 35.4 Å². The van der Waals surface area contributed by atoms with Crippen molar-refractivity contribution < 1.29 is 9.90 Å². The highest BCUT2D eigenvalue weighted by atomic mass is 16.4. The minimum Gasteiger partial charge on any atom is -0.478 e. The average Bonchev–Trinajstić information content (AvgIpc) is 2.49. The molecule has 0 aliphatic rings. The monoisotopic (exact) mass is 291 g/mol. The largest absolute Gasteiger partial charge is 0.478 e. The van der Waals surface area contributed by atoms with E-state index >= 15 is 0 Å². The summed E-state index contributed by atoms with van der Waals surface area (Å²) in [5.74, 6) is -0.0939. The Morgan fingerprint density at radius 3 is 2.48 bits per heavy atom. The molecule has 0 saturated heterocycles. The van der Waals surface area contributed by atoms with E-state index in [1.165, 1.54) is 12.8 Å². The summed E-state index contributed by atoms with van der Waals surface area (Å²) in [5.41, 5.74) is 1.36. The third kappa shape index (κ3) is 5.50. The molecule has 0 saturated carbocycles. The molecule has 1 aromatic rings. The predicted octanol–water partition coefficient (Wildman–Crippen LogP) is 4.07. The summed E-state index contributed by atoms with van der Waals surface area (Å²) < 4.78 is 0. The minimum absolute atomic E-state index is 0.431. The van der Waals surface area contributed by atoms with E-state index < -0.39 is 5.97 Å². The van der Waals surface area contributed by atoms with Gasteiger partial charge in [-0.2, -0.15) is 0 Å². The molecule has 1 N–H and O–H groups in total. The first-order valence-electron chi connectivity index (χ1n) is 8.00. The van der Waals surface area contributed by atoms with Crippen molar-refractivity contribution in [1.82, 2.24) is 4.90 Å². The van der Waals surface area contributed by atoms with Crippen molar-refractivity contribution in [1.29, 1.82) is 0 Å². The summed E-state index contributed by atoms with van der Waals surface area (Å²) in [6.07, 6.45) is 4.35. The van der Waals surface area contributed by atoms with Gasteiger partial charge < -0.3 is 10.0 Å². The number of carboxylic acid groups (broad SMARTS) is 1. The highest BCUT2D eigenvalue weighted by Gasteiger charge is 2.16. The molecule has 0 aromatic heterocycles. The fraction of sp³-hybridized carbons (Fsp3) is 0.611. The fourth-order valence-corrected chi connectivity index (χ4v) is 2.72. The number of aromatic carboxylic acids is 1. The Hall–Kier alpha value is -1.35. The van der Waals surface area contributed by atoms with Gasteiger partial charge in [-0.1, -0.05) is 45.4 Å². The highest BCUT2D eigenvalue weighted by molar-refractivity contribution is 5.89. The second kappa shape index (κ2) is 8.83. The normalized spacial score (nSPS) is 14.1. The third-order valence-electron chi connectivity index (χ3n) is 4.45. The number of rotatable bonds is 9. The smallest absolute Gasteiger partial charge is 0.335 e. The summed E-state index contributed by atoms with van der Waals surface area (Å²) in [4.78, 5) is 13.6. The van der Waals surface area contributed by atoms with Gasteiger partial charge >= 0.3 is 5.97 Å². The van der Waals surface area contributed by atoms with E-state index in [4.69, 9.17) is 0 Å². The molecule has 1 aromatic carbocycles. The maximum absolute atomic E-state index is 11.2. The Morgan fingerprint density at radius 2 is 1.90 bits per heavy atom. The predicted molar refractivity (Wildman–Crippen MR) is 87.9 cm³/mol. The maximum atomic E-state index is 11.2. The summed E-state index contributed by atoms with van der Waals surface area (Å²) in [5, 5.41) is 9.22. The van der Waals surface area contributed by atoms with Crippen molar-refractivity contribution >= 4 is 5.97 Å². The van der Waals surface area contributed by atoms with E-state index in [9.17, 15) is 9.90 Å². The van der Waals surface area contributed by atoms with Crippen LogP contribution in [0.5, 0.6) is 0 Å². The molecule has 0 aliphatic carbocycles. The zero-order chi connectivity index (χ0) is 15.8. The summed E-state index contributed by atoms with van der Waals surface area (Å²) >= 11 is 0. The zero-order valence-corrected chi connectivity index (χ0v) is 13.8. The van der Waals surface area contributed by atoms with Gasteiger partial charge in [0.25, 0.3) is 0 Å². The first kappa shape index (κ1) is 17.7. The Labute approximate surface area is 129 Å². The molecule has 0 bridgehead atoms. The fourth-order valence-electron chi connectivity index (χ4n) is 2.72. The molecule has 118 valence electrons. The molecule has 2 unspecified atom stereocenters. The molecule has 0 spiro atoms. The molecule has 3 nitrogen and oxygen atoms in total. The molecule has 2 atom stereocenters. The van der Waals surface area contributed by atoms with Gasteiger partial charge in [-0.25, -0.2) is 4.79 Å². The lowest BCUT2D eigenvalue weighted by molar-refractivity contribution is 0.0695. The van der Waals surface area contributed by atoms with E-state index in [1.807, 2.05) is 12.1 Å². The van der Waals surface area contributed by atoms with Gasteiger partial charge in [0.1, 0.15) is 0 Å². The van der Waals surface area contributed by atoms with Gasteiger partial charge in [-0.15, -0.1) is 0 Å². The van der Waals surface area contributed by atoms with Crippen LogP contribution in [0, 0.1) is 5.92 Å². The number of hydrogen-bond donors (Lipinski definition) is 1. The second-order valence-corrected chi connectivity index (χ2v) is 6.00. The molecule has 21 heavy (non-hydrogen) atoms.